The second kappa shape index (κ2) is 7.37. The number of nitrogens with one attached hydrogen (secondary N) is 2. The number of primary sulfonamides is 1. The van der Waals surface area contributed by atoms with Crippen LogP contribution in [0.1, 0.15) is 17.5 Å². The largest absolute Gasteiger partial charge is 0.417 e. The van der Waals surface area contributed by atoms with Crippen LogP contribution in [0.2, 0.25) is 0 Å². The maximum atomic E-state index is 13.6. The molecular weight excluding hydrogens is 435 g/mol. The summed E-state index contributed by atoms with van der Waals surface area (Å²) in [5.74, 6) is -0.329. The Hall–Kier alpha value is -2.87. The number of rotatable bonds is 4. The van der Waals surface area contributed by atoms with Gasteiger partial charge in [-0.3, -0.25) is 0 Å². The quantitative estimate of drug-likeness (QED) is 0.465. The first kappa shape index (κ1) is 21.4. The number of hydrogen-bond acceptors (Lipinski definition) is 7. The van der Waals surface area contributed by atoms with Gasteiger partial charge in [0, 0.05) is 6.54 Å². The van der Waals surface area contributed by atoms with Crippen molar-refractivity contribution in [2.45, 2.75) is 23.0 Å². The van der Waals surface area contributed by atoms with E-state index in [0.717, 1.165) is 24.6 Å². The summed E-state index contributed by atoms with van der Waals surface area (Å²) < 4.78 is 65.3. The number of H-pyrrole nitrogens is 1. The van der Waals surface area contributed by atoms with Gasteiger partial charge in [0.05, 0.1) is 16.7 Å². The summed E-state index contributed by atoms with van der Waals surface area (Å²) in [5.41, 5.74) is 5.50. The van der Waals surface area contributed by atoms with Crippen LogP contribution >= 0.6 is 0 Å². The van der Waals surface area contributed by atoms with Gasteiger partial charge < -0.3 is 11.1 Å². The molecule has 9 nitrogen and oxygen atoms in total. The van der Waals surface area contributed by atoms with E-state index in [1.54, 1.807) is 24.3 Å². The Bertz CT molecular complexity index is 1200. The second-order valence-electron chi connectivity index (χ2n) is 7.30. The fourth-order valence-corrected chi connectivity index (χ4v) is 4.75. The molecule has 1 aliphatic rings. The first-order valence-corrected chi connectivity index (χ1v) is 10.7. The number of benzene rings is 2. The highest BCUT2D eigenvalue weighted by atomic mass is 32.2. The SMILES string of the molecule is NC1(c2ccc(-c3ccc(C(F)(F)F)c(S(N)(=O)=O)c3-c3nn[nH]n3)cc2)CCNC1. The summed E-state index contributed by atoms with van der Waals surface area (Å²) in [6.45, 7) is 1.37. The number of sulfonamides is 1. The van der Waals surface area contributed by atoms with Crippen LogP contribution in [0.25, 0.3) is 22.5 Å². The van der Waals surface area contributed by atoms with Gasteiger partial charge in [0.15, 0.2) is 0 Å². The minimum atomic E-state index is -4.97. The number of tetrazole rings is 1. The molecule has 2 aromatic carbocycles. The predicted molar refractivity (Wildman–Crippen MR) is 105 cm³/mol. The van der Waals surface area contributed by atoms with Crippen molar-refractivity contribution >= 4 is 10.0 Å². The van der Waals surface area contributed by atoms with Gasteiger partial charge in [0.2, 0.25) is 15.8 Å². The van der Waals surface area contributed by atoms with E-state index in [4.69, 9.17) is 10.9 Å². The monoisotopic (exact) mass is 453 g/mol. The van der Waals surface area contributed by atoms with Gasteiger partial charge in [0.25, 0.3) is 0 Å². The Morgan fingerprint density at radius 3 is 2.32 bits per heavy atom. The van der Waals surface area contributed by atoms with Crippen LogP contribution in [-0.4, -0.2) is 42.1 Å². The summed E-state index contributed by atoms with van der Waals surface area (Å²) >= 11 is 0. The molecule has 3 aromatic rings. The Morgan fingerprint density at radius 1 is 1.10 bits per heavy atom. The van der Waals surface area contributed by atoms with Crippen molar-refractivity contribution in [3.8, 4) is 22.5 Å². The standard InChI is InChI=1S/C18H18F3N7O2S/c19-18(20,21)13-6-5-12(14(15(13)31(23,29)30)16-25-27-28-26-16)10-1-3-11(4-2-10)17(22)7-8-24-9-17/h1-6,24H,7-9,22H2,(H2,23,29,30)(H,25,26,27,28). The number of hydrogen-bond donors (Lipinski definition) is 4. The molecule has 0 saturated carbocycles. The molecule has 0 radical (unpaired) electrons. The zero-order valence-corrected chi connectivity index (χ0v) is 16.8. The van der Waals surface area contributed by atoms with Crippen LogP contribution < -0.4 is 16.2 Å². The summed E-state index contributed by atoms with van der Waals surface area (Å²) in [7, 11) is -4.80. The van der Waals surface area contributed by atoms with Crippen molar-refractivity contribution in [3.05, 3.63) is 47.5 Å². The molecule has 31 heavy (non-hydrogen) atoms. The zero-order chi connectivity index (χ0) is 22.4. The van der Waals surface area contributed by atoms with Crippen LogP contribution in [0.15, 0.2) is 41.3 Å². The van der Waals surface area contributed by atoms with Crippen molar-refractivity contribution in [2.24, 2.45) is 10.9 Å². The van der Waals surface area contributed by atoms with E-state index < -0.39 is 32.2 Å². The average molecular weight is 453 g/mol. The Labute approximate surface area is 175 Å². The van der Waals surface area contributed by atoms with Crippen LogP contribution in [0.5, 0.6) is 0 Å². The van der Waals surface area contributed by atoms with Crippen molar-refractivity contribution in [2.75, 3.05) is 13.1 Å². The summed E-state index contributed by atoms with van der Waals surface area (Å²) in [6.07, 6.45) is -4.24. The Balaban J connectivity index is 1.95. The average Bonchev–Trinajstić information content (AvgIpc) is 3.38. The highest BCUT2D eigenvalue weighted by Crippen LogP contribution is 2.43. The smallest absolute Gasteiger partial charge is 0.320 e. The third-order valence-electron chi connectivity index (χ3n) is 5.28. The molecule has 0 spiro atoms. The summed E-state index contributed by atoms with van der Waals surface area (Å²) in [5, 5.41) is 21.3. The lowest BCUT2D eigenvalue weighted by atomic mass is 9.88. The summed E-state index contributed by atoms with van der Waals surface area (Å²) in [6, 6.07) is 8.67. The second-order valence-corrected chi connectivity index (χ2v) is 8.80. The van der Waals surface area contributed by atoms with Gasteiger partial charge in [-0.1, -0.05) is 30.3 Å². The molecule has 4 rings (SSSR count). The Kier molecular flexibility index (Phi) is 5.08. The molecule has 1 aliphatic heterocycles. The maximum absolute atomic E-state index is 13.6. The van der Waals surface area contributed by atoms with Crippen LogP contribution in [0.3, 0.4) is 0 Å². The molecule has 1 unspecified atom stereocenters. The molecule has 0 aliphatic carbocycles. The lowest BCUT2D eigenvalue weighted by molar-refractivity contribution is -0.139. The van der Waals surface area contributed by atoms with Crippen LogP contribution in [0, 0.1) is 0 Å². The van der Waals surface area contributed by atoms with Gasteiger partial charge in [-0.15, -0.1) is 10.2 Å². The minimum Gasteiger partial charge on any atom is -0.320 e. The van der Waals surface area contributed by atoms with Gasteiger partial charge in [-0.25, -0.2) is 13.6 Å². The molecule has 1 atom stereocenters. The number of nitrogens with two attached hydrogens (primary N) is 2. The lowest BCUT2D eigenvalue weighted by Crippen LogP contribution is -2.38. The summed E-state index contributed by atoms with van der Waals surface area (Å²) in [4.78, 5) is -1.11. The molecule has 2 heterocycles. The van der Waals surface area contributed by atoms with E-state index >= 15 is 0 Å². The fraction of sp³-hybridized carbons (Fsp3) is 0.278. The topological polar surface area (TPSA) is 153 Å². The van der Waals surface area contributed by atoms with E-state index in [2.05, 4.69) is 25.9 Å². The van der Waals surface area contributed by atoms with Crippen LogP contribution in [-0.2, 0) is 21.7 Å². The van der Waals surface area contributed by atoms with E-state index in [-0.39, 0.29) is 17.0 Å². The van der Waals surface area contributed by atoms with Gasteiger partial charge >= 0.3 is 6.18 Å². The number of alkyl halides is 3. The van der Waals surface area contributed by atoms with E-state index in [1.807, 2.05) is 0 Å². The van der Waals surface area contributed by atoms with Crippen molar-refractivity contribution < 1.29 is 21.6 Å². The first-order chi connectivity index (χ1) is 14.5. The molecular formula is C18H18F3N7O2S. The minimum absolute atomic E-state index is 0.153. The van der Waals surface area contributed by atoms with Gasteiger partial charge in [-0.05, 0) is 40.9 Å². The van der Waals surface area contributed by atoms with Crippen molar-refractivity contribution in [1.82, 2.24) is 25.9 Å². The number of aromatic amines is 1. The first-order valence-electron chi connectivity index (χ1n) is 9.12. The van der Waals surface area contributed by atoms with E-state index in [0.29, 0.717) is 18.2 Å². The molecule has 1 saturated heterocycles. The molecule has 1 aromatic heterocycles. The lowest BCUT2D eigenvalue weighted by Gasteiger charge is -2.24. The highest BCUT2D eigenvalue weighted by Gasteiger charge is 2.40. The number of nitrogens with zero attached hydrogens (tertiary/aromatic N) is 3. The van der Waals surface area contributed by atoms with Crippen molar-refractivity contribution in [1.29, 1.82) is 0 Å². The van der Waals surface area contributed by atoms with Crippen molar-refractivity contribution in [3.63, 3.8) is 0 Å². The third kappa shape index (κ3) is 3.92. The number of halogens is 3. The molecule has 1 fully saturated rings. The maximum Gasteiger partial charge on any atom is 0.417 e. The van der Waals surface area contributed by atoms with Gasteiger partial charge in [0.1, 0.15) is 4.90 Å². The van der Waals surface area contributed by atoms with E-state index in [1.165, 1.54) is 0 Å². The molecule has 6 N–H and O–H groups in total. The normalized spacial score (nSPS) is 19.6. The highest BCUT2D eigenvalue weighted by molar-refractivity contribution is 7.89. The zero-order valence-electron chi connectivity index (χ0n) is 15.9. The fourth-order valence-electron chi connectivity index (χ4n) is 3.77. The molecule has 164 valence electrons. The van der Waals surface area contributed by atoms with Crippen LogP contribution in [0.4, 0.5) is 13.2 Å². The van der Waals surface area contributed by atoms with Gasteiger partial charge in [-0.2, -0.15) is 18.4 Å². The molecule has 0 bridgehead atoms. The molecule has 0 amide bonds. The van der Waals surface area contributed by atoms with E-state index in [9.17, 15) is 21.6 Å². The molecule has 13 heteroatoms. The third-order valence-corrected chi connectivity index (χ3v) is 6.27. The number of aromatic nitrogens is 4. The predicted octanol–water partition coefficient (Wildman–Crippen LogP) is 1.35. The Morgan fingerprint density at radius 2 is 1.81 bits per heavy atom.